The normalized spacial score (nSPS) is 12.0. The summed E-state index contributed by atoms with van der Waals surface area (Å²) in [4.78, 5) is 17.2. The number of carbonyl (C=O) groups excluding carboxylic acids is 1. The molecule has 0 bridgehead atoms. The predicted molar refractivity (Wildman–Crippen MR) is 107 cm³/mol. The maximum absolute atomic E-state index is 12.5. The first-order chi connectivity index (χ1) is 12.0. The number of aromatic nitrogens is 1. The summed E-state index contributed by atoms with van der Waals surface area (Å²) in [7, 11) is 0. The summed E-state index contributed by atoms with van der Waals surface area (Å²) in [5.74, 6) is -0.00105. The summed E-state index contributed by atoms with van der Waals surface area (Å²) in [6.45, 7) is 5.93. The molecule has 1 amide bonds. The molecule has 3 rings (SSSR count). The molecule has 1 atom stereocenters. The minimum absolute atomic E-state index is 0.00105. The molecule has 1 N–H and O–H groups in total. The number of aryl methyl sites for hydroxylation is 2. The molecule has 1 heterocycles. The molecular weight excluding hydrogens is 348 g/mol. The number of para-hydroxylation sites is 1. The molecule has 1 aromatic heterocycles. The SMILES string of the molecule is Cc1cccc(C)c1NC(=O)[C@@H](C)Sc1nc(-c2ccccc2)cs1. The molecule has 0 saturated heterocycles. The van der Waals surface area contributed by atoms with Gasteiger partial charge in [-0.3, -0.25) is 4.79 Å². The maximum atomic E-state index is 12.5. The number of thioether (sulfide) groups is 1. The standard InChI is InChI=1S/C20H20N2OS2/c1-13-8-7-9-14(2)18(13)22-19(23)15(3)25-20-21-17(12-24-20)16-10-5-4-6-11-16/h4-12,15H,1-3H3,(H,22,23)/t15-/m1/s1. The van der Waals surface area contributed by atoms with Crippen LogP contribution in [0.2, 0.25) is 0 Å². The number of nitrogens with zero attached hydrogens (tertiary/aromatic N) is 1. The van der Waals surface area contributed by atoms with Crippen LogP contribution in [0.3, 0.4) is 0 Å². The molecule has 2 aromatic carbocycles. The average Bonchev–Trinajstić information content (AvgIpc) is 3.07. The van der Waals surface area contributed by atoms with Gasteiger partial charge in [-0.25, -0.2) is 4.98 Å². The molecule has 0 unspecified atom stereocenters. The van der Waals surface area contributed by atoms with E-state index in [1.165, 1.54) is 11.8 Å². The molecule has 0 fully saturated rings. The van der Waals surface area contributed by atoms with Crippen LogP contribution in [0.15, 0.2) is 58.3 Å². The van der Waals surface area contributed by atoms with Crippen LogP contribution < -0.4 is 5.32 Å². The molecule has 0 spiro atoms. The van der Waals surface area contributed by atoms with E-state index in [2.05, 4.69) is 10.3 Å². The first-order valence-corrected chi connectivity index (χ1v) is 9.85. The quantitative estimate of drug-likeness (QED) is 0.601. The molecule has 3 nitrogen and oxygen atoms in total. The second-order valence-corrected chi connectivity index (χ2v) is 8.33. The van der Waals surface area contributed by atoms with Gasteiger partial charge in [0.05, 0.1) is 10.9 Å². The van der Waals surface area contributed by atoms with E-state index < -0.39 is 0 Å². The van der Waals surface area contributed by atoms with E-state index in [9.17, 15) is 4.79 Å². The van der Waals surface area contributed by atoms with E-state index in [1.54, 1.807) is 11.3 Å². The smallest absolute Gasteiger partial charge is 0.237 e. The van der Waals surface area contributed by atoms with Gasteiger partial charge in [-0.2, -0.15) is 0 Å². The Labute approximate surface area is 156 Å². The van der Waals surface area contributed by atoms with Gasteiger partial charge in [0.15, 0.2) is 4.34 Å². The van der Waals surface area contributed by atoms with Gasteiger partial charge in [0, 0.05) is 16.6 Å². The van der Waals surface area contributed by atoms with Crippen molar-refractivity contribution in [2.24, 2.45) is 0 Å². The fourth-order valence-corrected chi connectivity index (χ4v) is 4.47. The Balaban J connectivity index is 1.67. The molecule has 0 aliphatic heterocycles. The van der Waals surface area contributed by atoms with Crippen LogP contribution in [0.1, 0.15) is 18.1 Å². The van der Waals surface area contributed by atoms with Gasteiger partial charge >= 0.3 is 0 Å². The number of hydrogen-bond donors (Lipinski definition) is 1. The van der Waals surface area contributed by atoms with Crippen LogP contribution in [0, 0.1) is 13.8 Å². The Morgan fingerprint density at radius 3 is 2.44 bits per heavy atom. The fourth-order valence-electron chi connectivity index (χ4n) is 2.49. The highest BCUT2D eigenvalue weighted by atomic mass is 32.2. The summed E-state index contributed by atoms with van der Waals surface area (Å²) in [6.07, 6.45) is 0. The minimum Gasteiger partial charge on any atom is -0.325 e. The van der Waals surface area contributed by atoms with Crippen molar-refractivity contribution in [2.45, 2.75) is 30.4 Å². The minimum atomic E-state index is -0.214. The monoisotopic (exact) mass is 368 g/mol. The van der Waals surface area contributed by atoms with Gasteiger partial charge in [-0.15, -0.1) is 11.3 Å². The van der Waals surface area contributed by atoms with E-state index >= 15 is 0 Å². The third-order valence-corrected chi connectivity index (χ3v) is 6.00. The Morgan fingerprint density at radius 2 is 1.76 bits per heavy atom. The van der Waals surface area contributed by atoms with Gasteiger partial charge < -0.3 is 5.32 Å². The number of amides is 1. The number of benzene rings is 2. The average molecular weight is 369 g/mol. The zero-order chi connectivity index (χ0) is 17.8. The van der Waals surface area contributed by atoms with Crippen LogP contribution >= 0.6 is 23.1 Å². The van der Waals surface area contributed by atoms with E-state index in [-0.39, 0.29) is 11.2 Å². The first kappa shape index (κ1) is 17.7. The van der Waals surface area contributed by atoms with Gasteiger partial charge in [0.2, 0.25) is 5.91 Å². The van der Waals surface area contributed by atoms with Crippen molar-refractivity contribution in [1.29, 1.82) is 0 Å². The van der Waals surface area contributed by atoms with Crippen molar-refractivity contribution in [2.75, 3.05) is 5.32 Å². The maximum Gasteiger partial charge on any atom is 0.237 e. The molecule has 0 radical (unpaired) electrons. The van der Waals surface area contributed by atoms with Crippen LogP contribution in [0.25, 0.3) is 11.3 Å². The van der Waals surface area contributed by atoms with Crippen molar-refractivity contribution in [3.63, 3.8) is 0 Å². The number of nitrogens with one attached hydrogen (secondary N) is 1. The van der Waals surface area contributed by atoms with Crippen molar-refractivity contribution >= 4 is 34.7 Å². The number of hydrogen-bond acceptors (Lipinski definition) is 4. The second-order valence-electron chi connectivity index (χ2n) is 5.88. The lowest BCUT2D eigenvalue weighted by Gasteiger charge is -2.14. The van der Waals surface area contributed by atoms with E-state index in [1.807, 2.05) is 74.7 Å². The van der Waals surface area contributed by atoms with Crippen molar-refractivity contribution in [3.05, 3.63) is 65.0 Å². The van der Waals surface area contributed by atoms with Gasteiger partial charge in [-0.05, 0) is 31.9 Å². The summed E-state index contributed by atoms with van der Waals surface area (Å²) >= 11 is 3.07. The number of anilines is 1. The molecule has 5 heteroatoms. The highest BCUT2D eigenvalue weighted by molar-refractivity contribution is 8.02. The Morgan fingerprint density at radius 1 is 1.08 bits per heavy atom. The summed E-state index contributed by atoms with van der Waals surface area (Å²) in [6, 6.07) is 16.1. The Bertz CT molecular complexity index is 854. The summed E-state index contributed by atoms with van der Waals surface area (Å²) in [5, 5.41) is 4.88. The largest absolute Gasteiger partial charge is 0.325 e. The first-order valence-electron chi connectivity index (χ1n) is 8.09. The molecule has 0 aliphatic carbocycles. The molecule has 128 valence electrons. The van der Waals surface area contributed by atoms with Crippen LogP contribution in [0.4, 0.5) is 5.69 Å². The van der Waals surface area contributed by atoms with E-state index in [0.717, 1.165) is 32.4 Å². The molecular formula is C20H20N2OS2. The Kier molecular flexibility index (Phi) is 5.56. The van der Waals surface area contributed by atoms with Crippen LogP contribution in [-0.2, 0) is 4.79 Å². The van der Waals surface area contributed by atoms with Gasteiger partial charge in [-0.1, -0.05) is 60.3 Å². The number of carbonyl (C=O) groups is 1. The predicted octanol–water partition coefficient (Wildman–Crippen LogP) is 5.55. The van der Waals surface area contributed by atoms with Crippen molar-refractivity contribution < 1.29 is 4.79 Å². The zero-order valence-corrected chi connectivity index (χ0v) is 16.1. The van der Waals surface area contributed by atoms with Crippen LogP contribution in [0.5, 0.6) is 0 Å². The molecule has 0 aliphatic rings. The number of rotatable bonds is 5. The van der Waals surface area contributed by atoms with Crippen molar-refractivity contribution in [3.8, 4) is 11.3 Å². The topological polar surface area (TPSA) is 42.0 Å². The Hall–Kier alpha value is -2.11. The fraction of sp³-hybridized carbons (Fsp3) is 0.200. The van der Waals surface area contributed by atoms with Gasteiger partial charge in [0.25, 0.3) is 0 Å². The molecule has 3 aromatic rings. The number of thiazole rings is 1. The van der Waals surface area contributed by atoms with E-state index in [4.69, 9.17) is 0 Å². The highest BCUT2D eigenvalue weighted by Gasteiger charge is 2.18. The lowest BCUT2D eigenvalue weighted by Crippen LogP contribution is -2.23. The van der Waals surface area contributed by atoms with E-state index in [0.29, 0.717) is 0 Å². The van der Waals surface area contributed by atoms with Crippen molar-refractivity contribution in [1.82, 2.24) is 4.98 Å². The highest BCUT2D eigenvalue weighted by Crippen LogP contribution is 2.31. The molecule has 0 saturated carbocycles. The second kappa shape index (κ2) is 7.85. The third-order valence-electron chi connectivity index (χ3n) is 3.93. The zero-order valence-electron chi connectivity index (χ0n) is 14.4. The lowest BCUT2D eigenvalue weighted by molar-refractivity contribution is -0.115. The lowest BCUT2D eigenvalue weighted by atomic mass is 10.1. The summed E-state index contributed by atoms with van der Waals surface area (Å²) < 4.78 is 0.906. The third kappa shape index (κ3) is 4.30. The van der Waals surface area contributed by atoms with Gasteiger partial charge in [0.1, 0.15) is 0 Å². The van der Waals surface area contributed by atoms with Crippen LogP contribution in [-0.4, -0.2) is 16.1 Å². The summed E-state index contributed by atoms with van der Waals surface area (Å²) in [5.41, 5.74) is 5.11. The molecule has 25 heavy (non-hydrogen) atoms.